The number of anilines is 1. The molecule has 0 saturated carbocycles. The predicted molar refractivity (Wildman–Crippen MR) is 105 cm³/mol. The average molecular weight is 430 g/mol. The van der Waals surface area contributed by atoms with Crippen molar-refractivity contribution in [3.8, 4) is 22.6 Å². The number of hydrogen-bond donors (Lipinski definition) is 1. The second-order valence-electron chi connectivity index (χ2n) is 6.24. The monoisotopic (exact) mass is 430 g/mol. The first-order valence-corrected chi connectivity index (χ1v) is 9.53. The molecule has 0 bridgehead atoms. The molecule has 0 saturated heterocycles. The average Bonchev–Trinajstić information content (AvgIpc) is 3.35. The second-order valence-corrected chi connectivity index (χ2v) is 7.10. The maximum Gasteiger partial charge on any atom is 0.416 e. The molecule has 0 aliphatic carbocycles. The summed E-state index contributed by atoms with van der Waals surface area (Å²) in [4.78, 5) is 21.4. The summed E-state index contributed by atoms with van der Waals surface area (Å²) >= 11 is 1.22. The van der Waals surface area contributed by atoms with Crippen molar-refractivity contribution in [2.24, 2.45) is 0 Å². The van der Waals surface area contributed by atoms with Gasteiger partial charge in [-0.25, -0.2) is 4.98 Å². The third-order valence-corrected chi connectivity index (χ3v) is 4.99. The van der Waals surface area contributed by atoms with Crippen molar-refractivity contribution >= 4 is 22.4 Å². The summed E-state index contributed by atoms with van der Waals surface area (Å²) < 4.78 is 43.5. The number of aromatic nitrogens is 3. The molecule has 1 amide bonds. The van der Waals surface area contributed by atoms with Crippen molar-refractivity contribution in [3.63, 3.8) is 0 Å². The van der Waals surface area contributed by atoms with Gasteiger partial charge in [-0.3, -0.25) is 15.1 Å². The molecule has 4 aromatic rings. The number of amides is 1. The Morgan fingerprint density at radius 2 is 1.87 bits per heavy atom. The molecule has 0 atom stereocenters. The minimum absolute atomic E-state index is 0.129. The summed E-state index contributed by atoms with van der Waals surface area (Å²) in [5.41, 5.74) is 1.10. The summed E-state index contributed by atoms with van der Waals surface area (Å²) in [5.74, 6) is -0.283. The number of hydrogen-bond acceptors (Lipinski definition) is 6. The minimum Gasteiger partial charge on any atom is -0.360 e. The van der Waals surface area contributed by atoms with E-state index in [1.807, 2.05) is 6.07 Å². The van der Waals surface area contributed by atoms with Crippen LogP contribution >= 0.6 is 11.3 Å². The number of rotatable bonds is 4. The Morgan fingerprint density at radius 3 is 2.53 bits per heavy atom. The highest BCUT2D eigenvalue weighted by molar-refractivity contribution is 7.14. The molecule has 3 aromatic heterocycles. The second kappa shape index (κ2) is 7.71. The number of nitrogens with one attached hydrogen (secondary N) is 1. The Kier molecular flexibility index (Phi) is 5.08. The fourth-order valence-electron chi connectivity index (χ4n) is 2.78. The van der Waals surface area contributed by atoms with Crippen LogP contribution in [0, 0.1) is 6.92 Å². The maximum atomic E-state index is 12.8. The van der Waals surface area contributed by atoms with Crippen molar-refractivity contribution < 1.29 is 22.5 Å². The first-order valence-electron chi connectivity index (χ1n) is 8.65. The third-order valence-electron chi connectivity index (χ3n) is 4.23. The SMILES string of the molecule is Cc1onc(-c2ccc(C(F)(F)F)cc2)c1C(=O)Nc1nc(-c2ccccn2)cs1. The van der Waals surface area contributed by atoms with Crippen molar-refractivity contribution in [1.29, 1.82) is 0 Å². The highest BCUT2D eigenvalue weighted by Crippen LogP contribution is 2.32. The standard InChI is InChI=1S/C20H13F3N4O2S/c1-11-16(17(27-29-11)12-5-7-13(8-6-12)20(21,22)23)18(28)26-19-25-15(10-30-19)14-4-2-3-9-24-14/h2-10H,1H3,(H,25,26,28). The van der Waals surface area contributed by atoms with Gasteiger partial charge in [0.05, 0.1) is 11.3 Å². The third kappa shape index (κ3) is 3.94. The smallest absolute Gasteiger partial charge is 0.360 e. The molecule has 0 aliphatic rings. The van der Waals surface area contributed by atoms with Gasteiger partial charge in [0, 0.05) is 17.1 Å². The molecule has 152 valence electrons. The van der Waals surface area contributed by atoms with E-state index in [0.29, 0.717) is 22.1 Å². The number of carbonyl (C=O) groups is 1. The first-order chi connectivity index (χ1) is 14.3. The zero-order chi connectivity index (χ0) is 21.3. The number of thiazole rings is 1. The molecule has 0 fully saturated rings. The van der Waals surface area contributed by atoms with Crippen molar-refractivity contribution in [3.05, 3.63) is 70.9 Å². The maximum absolute atomic E-state index is 12.8. The van der Waals surface area contributed by atoms with Gasteiger partial charge >= 0.3 is 6.18 Å². The Balaban J connectivity index is 1.59. The van der Waals surface area contributed by atoms with E-state index in [1.54, 1.807) is 30.6 Å². The lowest BCUT2D eigenvalue weighted by molar-refractivity contribution is -0.137. The van der Waals surface area contributed by atoms with E-state index in [4.69, 9.17) is 4.52 Å². The Hall–Kier alpha value is -3.53. The summed E-state index contributed by atoms with van der Waals surface area (Å²) in [6.45, 7) is 1.55. The van der Waals surface area contributed by atoms with E-state index in [9.17, 15) is 18.0 Å². The Morgan fingerprint density at radius 1 is 1.10 bits per heavy atom. The van der Waals surface area contributed by atoms with E-state index in [1.165, 1.54) is 23.5 Å². The van der Waals surface area contributed by atoms with Crippen LogP contribution < -0.4 is 5.32 Å². The van der Waals surface area contributed by atoms with Gasteiger partial charge in [-0.15, -0.1) is 11.3 Å². The number of carbonyl (C=O) groups excluding carboxylic acids is 1. The Bertz CT molecular complexity index is 1180. The van der Waals surface area contributed by atoms with Gasteiger partial charge in [0.25, 0.3) is 5.91 Å². The van der Waals surface area contributed by atoms with Crippen LogP contribution in [-0.2, 0) is 6.18 Å². The first kappa shape index (κ1) is 19.8. The molecule has 3 heterocycles. The molecule has 30 heavy (non-hydrogen) atoms. The van der Waals surface area contributed by atoms with E-state index >= 15 is 0 Å². The molecular weight excluding hydrogens is 417 g/mol. The summed E-state index contributed by atoms with van der Waals surface area (Å²) in [5, 5.41) is 8.64. The summed E-state index contributed by atoms with van der Waals surface area (Å²) in [7, 11) is 0. The van der Waals surface area contributed by atoms with Gasteiger partial charge in [-0.05, 0) is 31.2 Å². The van der Waals surface area contributed by atoms with Crippen LogP contribution in [0.15, 0.2) is 58.6 Å². The van der Waals surface area contributed by atoms with E-state index < -0.39 is 17.6 Å². The van der Waals surface area contributed by atoms with Crippen LogP contribution in [0.3, 0.4) is 0 Å². The van der Waals surface area contributed by atoms with Gasteiger partial charge in [0.2, 0.25) is 0 Å². The van der Waals surface area contributed by atoms with Crippen molar-refractivity contribution in [1.82, 2.24) is 15.1 Å². The predicted octanol–water partition coefficient (Wildman–Crippen LogP) is 5.44. The van der Waals surface area contributed by atoms with Crippen LogP contribution in [0.25, 0.3) is 22.6 Å². The molecule has 0 aliphatic heterocycles. The number of nitrogens with zero attached hydrogens (tertiary/aromatic N) is 3. The number of halogens is 3. The van der Waals surface area contributed by atoms with Gasteiger partial charge in [-0.1, -0.05) is 23.4 Å². The summed E-state index contributed by atoms with van der Waals surface area (Å²) in [6, 6.07) is 9.78. The zero-order valence-corrected chi connectivity index (χ0v) is 16.2. The minimum atomic E-state index is -4.45. The van der Waals surface area contributed by atoms with Crippen molar-refractivity contribution in [2.45, 2.75) is 13.1 Å². The fraction of sp³-hybridized carbons (Fsp3) is 0.100. The van der Waals surface area contributed by atoms with Crippen molar-refractivity contribution in [2.75, 3.05) is 5.32 Å². The largest absolute Gasteiger partial charge is 0.416 e. The lowest BCUT2D eigenvalue weighted by atomic mass is 10.0. The molecule has 6 nitrogen and oxygen atoms in total. The van der Waals surface area contributed by atoms with Gasteiger partial charge in [-0.2, -0.15) is 13.2 Å². The van der Waals surface area contributed by atoms with Gasteiger partial charge < -0.3 is 4.52 Å². The van der Waals surface area contributed by atoms with Gasteiger partial charge in [0.1, 0.15) is 22.7 Å². The quantitative estimate of drug-likeness (QED) is 0.466. The topological polar surface area (TPSA) is 80.9 Å². The number of pyridine rings is 1. The van der Waals surface area contributed by atoms with Crippen LogP contribution in [0.2, 0.25) is 0 Å². The van der Waals surface area contributed by atoms with E-state index in [-0.39, 0.29) is 17.0 Å². The lowest BCUT2D eigenvalue weighted by Crippen LogP contribution is -2.13. The highest BCUT2D eigenvalue weighted by atomic mass is 32.1. The van der Waals surface area contributed by atoms with Gasteiger partial charge in [0.15, 0.2) is 5.13 Å². The zero-order valence-electron chi connectivity index (χ0n) is 15.4. The summed E-state index contributed by atoms with van der Waals surface area (Å²) in [6.07, 6.45) is -2.81. The molecule has 10 heteroatoms. The lowest BCUT2D eigenvalue weighted by Gasteiger charge is -2.07. The molecule has 1 aromatic carbocycles. The Labute approximate surface area is 172 Å². The van der Waals surface area contributed by atoms with E-state index in [2.05, 4.69) is 20.4 Å². The molecule has 1 N–H and O–H groups in total. The highest BCUT2D eigenvalue weighted by Gasteiger charge is 2.30. The molecule has 0 spiro atoms. The normalized spacial score (nSPS) is 11.5. The number of alkyl halides is 3. The van der Waals surface area contributed by atoms with Crippen LogP contribution in [0.4, 0.5) is 18.3 Å². The number of aryl methyl sites for hydroxylation is 1. The molecule has 0 unspecified atom stereocenters. The number of benzene rings is 1. The molecular formula is C20H13F3N4O2S. The molecule has 0 radical (unpaired) electrons. The van der Waals surface area contributed by atoms with Crippen LogP contribution in [-0.4, -0.2) is 21.0 Å². The van der Waals surface area contributed by atoms with E-state index in [0.717, 1.165) is 12.1 Å². The molecule has 4 rings (SSSR count). The van der Waals surface area contributed by atoms with Crippen LogP contribution in [0.1, 0.15) is 21.7 Å². The fourth-order valence-corrected chi connectivity index (χ4v) is 3.48. The van der Waals surface area contributed by atoms with Crippen LogP contribution in [0.5, 0.6) is 0 Å².